The molecule has 8 nitrogen and oxygen atoms in total. The number of methoxy groups -OCH3 is 2. The maximum Gasteiger partial charge on any atom is 0.356 e. The van der Waals surface area contributed by atoms with Crippen molar-refractivity contribution in [2.75, 3.05) is 14.2 Å². The van der Waals surface area contributed by atoms with Crippen LogP contribution >= 0.6 is 0 Å². The van der Waals surface area contributed by atoms with Crippen LogP contribution in [-0.2, 0) is 6.54 Å². The van der Waals surface area contributed by atoms with Crippen LogP contribution in [0.2, 0.25) is 0 Å². The zero-order chi connectivity index (χ0) is 16.8. The van der Waals surface area contributed by atoms with Crippen molar-refractivity contribution < 1.29 is 24.2 Å². The van der Waals surface area contributed by atoms with Crippen molar-refractivity contribution >= 4 is 11.9 Å². The molecule has 0 aliphatic rings. The van der Waals surface area contributed by atoms with E-state index in [-0.39, 0.29) is 12.2 Å². The minimum Gasteiger partial charge on any atom is -0.493 e. The standard InChI is InChI=1S/C15H15N3O5/c1-22-10-4-3-9(7-11(10)23-2)8-18-14(19)12-13(15(20)21)17-6-5-16-12/h3-7H,8H2,1-2H3,(H,18,19)(H,20,21). The maximum absolute atomic E-state index is 12.1. The first-order chi connectivity index (χ1) is 11.1. The van der Waals surface area contributed by atoms with Gasteiger partial charge in [0.15, 0.2) is 22.9 Å². The molecule has 1 aromatic heterocycles. The van der Waals surface area contributed by atoms with Gasteiger partial charge in [0.2, 0.25) is 0 Å². The highest BCUT2D eigenvalue weighted by atomic mass is 16.5. The van der Waals surface area contributed by atoms with E-state index in [1.54, 1.807) is 18.2 Å². The van der Waals surface area contributed by atoms with Crippen LogP contribution in [0.4, 0.5) is 0 Å². The maximum atomic E-state index is 12.1. The predicted molar refractivity (Wildman–Crippen MR) is 79.7 cm³/mol. The summed E-state index contributed by atoms with van der Waals surface area (Å²) in [7, 11) is 3.04. The Morgan fingerprint density at radius 2 is 1.74 bits per heavy atom. The molecule has 0 spiro atoms. The van der Waals surface area contributed by atoms with Crippen molar-refractivity contribution in [2.24, 2.45) is 0 Å². The number of aromatic nitrogens is 2. The molecular formula is C15H15N3O5. The van der Waals surface area contributed by atoms with Gasteiger partial charge in [-0.05, 0) is 17.7 Å². The number of amides is 1. The van der Waals surface area contributed by atoms with E-state index in [1.807, 2.05) is 0 Å². The van der Waals surface area contributed by atoms with Gasteiger partial charge in [0, 0.05) is 18.9 Å². The lowest BCUT2D eigenvalue weighted by atomic mass is 10.2. The number of rotatable bonds is 6. The van der Waals surface area contributed by atoms with Crippen molar-refractivity contribution in [1.29, 1.82) is 0 Å². The molecule has 23 heavy (non-hydrogen) atoms. The SMILES string of the molecule is COc1ccc(CNC(=O)c2nccnc2C(=O)O)cc1OC. The van der Waals surface area contributed by atoms with E-state index in [0.717, 1.165) is 5.56 Å². The molecule has 1 heterocycles. The number of ether oxygens (including phenoxy) is 2. The Morgan fingerprint density at radius 3 is 2.35 bits per heavy atom. The Kier molecular flexibility index (Phi) is 5.08. The summed E-state index contributed by atoms with van der Waals surface area (Å²) >= 11 is 0. The Labute approximate surface area is 132 Å². The molecule has 1 amide bonds. The zero-order valence-electron chi connectivity index (χ0n) is 12.6. The van der Waals surface area contributed by atoms with Crippen LogP contribution in [0, 0.1) is 0 Å². The van der Waals surface area contributed by atoms with Gasteiger partial charge in [0.1, 0.15) is 0 Å². The number of nitrogens with one attached hydrogen (secondary N) is 1. The fourth-order valence-corrected chi connectivity index (χ4v) is 1.92. The van der Waals surface area contributed by atoms with Crippen molar-refractivity contribution in [3.63, 3.8) is 0 Å². The van der Waals surface area contributed by atoms with E-state index in [4.69, 9.17) is 14.6 Å². The van der Waals surface area contributed by atoms with Gasteiger partial charge >= 0.3 is 5.97 Å². The third-order valence-electron chi connectivity index (χ3n) is 3.02. The second-order valence-electron chi connectivity index (χ2n) is 4.43. The first kappa shape index (κ1) is 16.2. The second-order valence-corrected chi connectivity index (χ2v) is 4.43. The second kappa shape index (κ2) is 7.21. The summed E-state index contributed by atoms with van der Waals surface area (Å²) in [5.74, 6) is -0.825. The molecule has 120 valence electrons. The van der Waals surface area contributed by atoms with Crippen molar-refractivity contribution in [2.45, 2.75) is 6.54 Å². The number of benzene rings is 1. The highest BCUT2D eigenvalue weighted by Gasteiger charge is 2.19. The van der Waals surface area contributed by atoms with Crippen LogP contribution in [0.1, 0.15) is 26.5 Å². The van der Waals surface area contributed by atoms with E-state index >= 15 is 0 Å². The summed E-state index contributed by atoms with van der Waals surface area (Å²) in [5, 5.41) is 11.6. The molecule has 0 saturated carbocycles. The summed E-state index contributed by atoms with van der Waals surface area (Å²) in [6, 6.07) is 5.19. The fourth-order valence-electron chi connectivity index (χ4n) is 1.92. The largest absolute Gasteiger partial charge is 0.493 e. The monoisotopic (exact) mass is 317 g/mol. The molecule has 2 rings (SSSR count). The number of carbonyl (C=O) groups is 2. The third-order valence-corrected chi connectivity index (χ3v) is 3.02. The Morgan fingerprint density at radius 1 is 1.09 bits per heavy atom. The van der Waals surface area contributed by atoms with Crippen molar-refractivity contribution in [3.05, 3.63) is 47.5 Å². The van der Waals surface area contributed by atoms with Crippen LogP contribution in [0.5, 0.6) is 11.5 Å². The van der Waals surface area contributed by atoms with Gasteiger partial charge < -0.3 is 19.9 Å². The van der Waals surface area contributed by atoms with E-state index in [1.165, 1.54) is 26.6 Å². The van der Waals surface area contributed by atoms with Gasteiger partial charge in [-0.3, -0.25) is 4.79 Å². The Bertz CT molecular complexity index is 733. The lowest BCUT2D eigenvalue weighted by Crippen LogP contribution is -2.26. The number of nitrogens with zero attached hydrogens (tertiary/aromatic N) is 2. The number of aromatic carboxylic acids is 1. The summed E-state index contributed by atoms with van der Waals surface area (Å²) in [4.78, 5) is 30.5. The molecule has 1 aromatic carbocycles. The van der Waals surface area contributed by atoms with Gasteiger partial charge in [-0.15, -0.1) is 0 Å². The van der Waals surface area contributed by atoms with E-state index in [2.05, 4.69) is 15.3 Å². The molecular weight excluding hydrogens is 302 g/mol. The third kappa shape index (κ3) is 3.73. The summed E-state index contributed by atoms with van der Waals surface area (Å²) in [6.45, 7) is 0.175. The smallest absolute Gasteiger partial charge is 0.356 e. The molecule has 0 aliphatic carbocycles. The molecule has 0 fully saturated rings. The van der Waals surface area contributed by atoms with Crippen LogP contribution in [0.15, 0.2) is 30.6 Å². The quantitative estimate of drug-likeness (QED) is 0.821. The van der Waals surface area contributed by atoms with Gasteiger partial charge in [0.05, 0.1) is 14.2 Å². The molecule has 0 aliphatic heterocycles. The fraction of sp³-hybridized carbons (Fsp3) is 0.200. The van der Waals surface area contributed by atoms with Gasteiger partial charge in [0.25, 0.3) is 5.91 Å². The number of carboxylic acid groups (broad SMARTS) is 1. The number of carboxylic acids is 1. The lowest BCUT2D eigenvalue weighted by molar-refractivity contribution is 0.0683. The molecule has 0 saturated heterocycles. The Balaban J connectivity index is 2.12. The highest BCUT2D eigenvalue weighted by Crippen LogP contribution is 2.27. The van der Waals surface area contributed by atoms with Crippen LogP contribution in [0.3, 0.4) is 0 Å². The summed E-state index contributed by atoms with van der Waals surface area (Å²) in [6.07, 6.45) is 2.48. The molecule has 0 bridgehead atoms. The van der Waals surface area contributed by atoms with Crippen LogP contribution in [-0.4, -0.2) is 41.2 Å². The van der Waals surface area contributed by atoms with Gasteiger partial charge in [-0.25, -0.2) is 14.8 Å². The number of hydrogen-bond acceptors (Lipinski definition) is 6. The lowest BCUT2D eigenvalue weighted by Gasteiger charge is -2.10. The summed E-state index contributed by atoms with van der Waals surface area (Å²) in [5.41, 5.74) is 0.134. The van der Waals surface area contributed by atoms with Crippen molar-refractivity contribution in [3.8, 4) is 11.5 Å². The predicted octanol–water partition coefficient (Wildman–Crippen LogP) is 1.12. The van der Waals surface area contributed by atoms with Crippen LogP contribution < -0.4 is 14.8 Å². The number of hydrogen-bond donors (Lipinski definition) is 2. The first-order valence-electron chi connectivity index (χ1n) is 6.60. The van der Waals surface area contributed by atoms with Gasteiger partial charge in [-0.2, -0.15) is 0 Å². The molecule has 2 aromatic rings. The normalized spacial score (nSPS) is 10.0. The Hall–Kier alpha value is -3.16. The highest BCUT2D eigenvalue weighted by molar-refractivity contribution is 6.01. The molecule has 2 N–H and O–H groups in total. The van der Waals surface area contributed by atoms with E-state index in [9.17, 15) is 9.59 Å². The molecule has 0 radical (unpaired) electrons. The summed E-state index contributed by atoms with van der Waals surface area (Å²) < 4.78 is 10.3. The van der Waals surface area contributed by atoms with Gasteiger partial charge in [-0.1, -0.05) is 6.07 Å². The van der Waals surface area contributed by atoms with Crippen LogP contribution in [0.25, 0.3) is 0 Å². The minimum atomic E-state index is -1.31. The number of carbonyl (C=O) groups excluding carboxylic acids is 1. The first-order valence-corrected chi connectivity index (χ1v) is 6.60. The molecule has 0 atom stereocenters. The average molecular weight is 317 g/mol. The average Bonchev–Trinajstić information content (AvgIpc) is 2.59. The van der Waals surface area contributed by atoms with E-state index in [0.29, 0.717) is 11.5 Å². The molecule has 0 unspecified atom stereocenters. The topological polar surface area (TPSA) is 111 Å². The van der Waals surface area contributed by atoms with E-state index < -0.39 is 17.6 Å². The zero-order valence-corrected chi connectivity index (χ0v) is 12.6. The molecule has 8 heteroatoms. The van der Waals surface area contributed by atoms with Crippen molar-refractivity contribution in [1.82, 2.24) is 15.3 Å². The minimum absolute atomic E-state index is 0.175.